The summed E-state index contributed by atoms with van der Waals surface area (Å²) in [6.07, 6.45) is 0. The van der Waals surface area contributed by atoms with Gasteiger partial charge in [-0.3, -0.25) is 4.79 Å². The number of nitrogens with one attached hydrogen (secondary N) is 2. The molecule has 1 amide bonds. The van der Waals surface area contributed by atoms with E-state index >= 15 is 0 Å². The summed E-state index contributed by atoms with van der Waals surface area (Å²) in [6.45, 7) is 7.52. The van der Waals surface area contributed by atoms with Crippen molar-refractivity contribution in [1.82, 2.24) is 5.32 Å². The van der Waals surface area contributed by atoms with Crippen molar-refractivity contribution in [2.24, 2.45) is 0 Å². The molecular weight excluding hydrogens is 228 g/mol. The first kappa shape index (κ1) is 14.7. The van der Waals surface area contributed by atoms with E-state index in [0.717, 1.165) is 17.8 Å². The molecule has 0 spiro atoms. The van der Waals surface area contributed by atoms with Crippen LogP contribution in [0.5, 0.6) is 0 Å². The first-order valence-corrected chi connectivity index (χ1v) is 6.31. The molecule has 0 saturated carbocycles. The molecule has 0 bridgehead atoms. The van der Waals surface area contributed by atoms with E-state index in [1.54, 1.807) is 0 Å². The minimum atomic E-state index is -0.120. The molecule has 18 heavy (non-hydrogen) atoms. The van der Waals surface area contributed by atoms with E-state index < -0.39 is 0 Å². The molecule has 0 heterocycles. The van der Waals surface area contributed by atoms with Gasteiger partial charge in [-0.2, -0.15) is 0 Å². The van der Waals surface area contributed by atoms with Gasteiger partial charge in [-0.1, -0.05) is 26.0 Å². The first-order chi connectivity index (χ1) is 8.61. The fraction of sp³-hybridized carbons (Fsp3) is 0.500. The Morgan fingerprint density at radius 2 is 2.17 bits per heavy atom. The molecule has 1 aromatic rings. The van der Waals surface area contributed by atoms with E-state index in [1.165, 1.54) is 0 Å². The number of hydrogen-bond acceptors (Lipinski definition) is 3. The van der Waals surface area contributed by atoms with Gasteiger partial charge in [0.2, 0.25) is 5.91 Å². The monoisotopic (exact) mass is 250 g/mol. The predicted octanol–water partition coefficient (Wildman–Crippen LogP) is 2.16. The van der Waals surface area contributed by atoms with Crippen LogP contribution >= 0.6 is 0 Å². The quantitative estimate of drug-likeness (QED) is 0.779. The Morgan fingerprint density at radius 1 is 1.39 bits per heavy atom. The number of benzene rings is 1. The van der Waals surface area contributed by atoms with E-state index in [0.29, 0.717) is 12.6 Å². The average Bonchev–Trinajstić information content (AvgIpc) is 2.34. The van der Waals surface area contributed by atoms with Crippen LogP contribution in [0.15, 0.2) is 24.3 Å². The molecule has 0 unspecified atom stereocenters. The number of hydrogen-bond donors (Lipinski definition) is 2. The third-order valence-electron chi connectivity index (χ3n) is 2.36. The summed E-state index contributed by atoms with van der Waals surface area (Å²) >= 11 is 0. The van der Waals surface area contributed by atoms with Crippen LogP contribution in [0, 0.1) is 0 Å². The van der Waals surface area contributed by atoms with Crippen molar-refractivity contribution < 1.29 is 9.53 Å². The maximum atomic E-state index is 11.5. The summed E-state index contributed by atoms with van der Waals surface area (Å²) in [7, 11) is 0. The van der Waals surface area contributed by atoms with Gasteiger partial charge in [0.05, 0.1) is 0 Å². The van der Waals surface area contributed by atoms with Crippen LogP contribution in [0.1, 0.15) is 26.3 Å². The second-order valence-corrected chi connectivity index (χ2v) is 4.42. The van der Waals surface area contributed by atoms with Gasteiger partial charge in [-0.25, -0.2) is 0 Å². The molecule has 4 heteroatoms. The van der Waals surface area contributed by atoms with Crippen LogP contribution in [-0.2, 0) is 16.1 Å². The Bertz CT molecular complexity index is 378. The number of amides is 1. The van der Waals surface area contributed by atoms with Crippen LogP contribution in [0.3, 0.4) is 0 Å². The Labute approximate surface area is 109 Å². The largest absolute Gasteiger partial charge is 0.372 e. The highest BCUT2D eigenvalue weighted by Gasteiger charge is 2.03. The highest BCUT2D eigenvalue weighted by Crippen LogP contribution is 2.10. The van der Waals surface area contributed by atoms with Gasteiger partial charge in [0.25, 0.3) is 0 Å². The van der Waals surface area contributed by atoms with Crippen LogP contribution < -0.4 is 10.6 Å². The molecule has 0 saturated heterocycles. The first-order valence-electron chi connectivity index (χ1n) is 6.31. The lowest BCUT2D eigenvalue weighted by atomic mass is 10.2. The molecule has 0 fully saturated rings. The van der Waals surface area contributed by atoms with E-state index in [9.17, 15) is 4.79 Å². The molecule has 4 nitrogen and oxygen atoms in total. The van der Waals surface area contributed by atoms with Crippen molar-refractivity contribution in [2.45, 2.75) is 33.4 Å². The van der Waals surface area contributed by atoms with E-state index in [-0.39, 0.29) is 12.5 Å². The van der Waals surface area contributed by atoms with Crippen LogP contribution in [0.2, 0.25) is 0 Å². The van der Waals surface area contributed by atoms with Crippen LogP contribution in [0.25, 0.3) is 0 Å². The maximum absolute atomic E-state index is 11.5. The van der Waals surface area contributed by atoms with Gasteiger partial charge in [-0.05, 0) is 24.6 Å². The van der Waals surface area contributed by atoms with Crippen molar-refractivity contribution in [3.8, 4) is 0 Å². The highest BCUT2D eigenvalue weighted by molar-refractivity contribution is 5.91. The molecule has 0 aliphatic heterocycles. The standard InChI is InChI=1S/C14H22N2O2/c1-4-18-10-14(17)16-13-7-5-6-12(8-13)9-15-11(2)3/h5-8,11,15H,4,9-10H2,1-3H3,(H,16,17). The maximum Gasteiger partial charge on any atom is 0.250 e. The van der Waals surface area contributed by atoms with Crippen molar-refractivity contribution in [3.05, 3.63) is 29.8 Å². The van der Waals surface area contributed by atoms with Crippen molar-refractivity contribution in [1.29, 1.82) is 0 Å². The fourth-order valence-electron chi connectivity index (χ4n) is 1.47. The highest BCUT2D eigenvalue weighted by atomic mass is 16.5. The van der Waals surface area contributed by atoms with Crippen molar-refractivity contribution >= 4 is 11.6 Å². The summed E-state index contributed by atoms with van der Waals surface area (Å²) in [6, 6.07) is 8.27. The SMILES string of the molecule is CCOCC(=O)Nc1cccc(CNC(C)C)c1. The Balaban J connectivity index is 2.51. The van der Waals surface area contributed by atoms with E-state index in [1.807, 2.05) is 31.2 Å². The lowest BCUT2D eigenvalue weighted by Crippen LogP contribution is -2.22. The zero-order valence-electron chi connectivity index (χ0n) is 11.3. The lowest BCUT2D eigenvalue weighted by molar-refractivity contribution is -0.120. The smallest absolute Gasteiger partial charge is 0.250 e. The van der Waals surface area contributed by atoms with Gasteiger partial charge >= 0.3 is 0 Å². The number of carbonyl (C=O) groups is 1. The second kappa shape index (κ2) is 7.84. The minimum Gasteiger partial charge on any atom is -0.372 e. The Morgan fingerprint density at radius 3 is 2.83 bits per heavy atom. The average molecular weight is 250 g/mol. The zero-order chi connectivity index (χ0) is 13.4. The third-order valence-corrected chi connectivity index (χ3v) is 2.36. The number of carbonyl (C=O) groups excluding carboxylic acids is 1. The minimum absolute atomic E-state index is 0.102. The molecule has 100 valence electrons. The molecule has 0 aromatic heterocycles. The van der Waals surface area contributed by atoms with Gasteiger partial charge in [0, 0.05) is 24.9 Å². The second-order valence-electron chi connectivity index (χ2n) is 4.42. The Hall–Kier alpha value is -1.39. The topological polar surface area (TPSA) is 50.4 Å². The summed E-state index contributed by atoms with van der Waals surface area (Å²) in [5, 5.41) is 6.15. The summed E-state index contributed by atoms with van der Waals surface area (Å²) < 4.78 is 5.05. The Kier molecular flexibility index (Phi) is 6.39. The van der Waals surface area contributed by atoms with Crippen molar-refractivity contribution in [2.75, 3.05) is 18.5 Å². The summed E-state index contributed by atoms with van der Waals surface area (Å²) in [4.78, 5) is 11.5. The molecule has 0 atom stereocenters. The number of anilines is 1. The lowest BCUT2D eigenvalue weighted by Gasteiger charge is -2.10. The van der Waals surface area contributed by atoms with Crippen LogP contribution in [-0.4, -0.2) is 25.2 Å². The van der Waals surface area contributed by atoms with Crippen molar-refractivity contribution in [3.63, 3.8) is 0 Å². The molecule has 1 rings (SSSR count). The summed E-state index contributed by atoms with van der Waals surface area (Å²) in [5.41, 5.74) is 1.96. The molecule has 0 radical (unpaired) electrons. The number of rotatable bonds is 7. The molecule has 0 aliphatic carbocycles. The molecule has 2 N–H and O–H groups in total. The fourth-order valence-corrected chi connectivity index (χ4v) is 1.47. The molecule has 0 aliphatic rings. The van der Waals surface area contributed by atoms with Gasteiger partial charge in [-0.15, -0.1) is 0 Å². The van der Waals surface area contributed by atoms with Gasteiger partial charge in [0.15, 0.2) is 0 Å². The van der Waals surface area contributed by atoms with E-state index in [4.69, 9.17) is 4.74 Å². The van der Waals surface area contributed by atoms with Gasteiger partial charge in [0.1, 0.15) is 6.61 Å². The molecule has 1 aromatic carbocycles. The zero-order valence-corrected chi connectivity index (χ0v) is 11.3. The number of ether oxygens (including phenoxy) is 1. The summed E-state index contributed by atoms with van der Waals surface area (Å²) in [5.74, 6) is -0.120. The predicted molar refractivity (Wildman–Crippen MR) is 73.5 cm³/mol. The van der Waals surface area contributed by atoms with E-state index in [2.05, 4.69) is 24.5 Å². The third kappa shape index (κ3) is 5.80. The normalized spacial score (nSPS) is 10.7. The van der Waals surface area contributed by atoms with Crippen LogP contribution in [0.4, 0.5) is 5.69 Å². The van der Waals surface area contributed by atoms with Gasteiger partial charge < -0.3 is 15.4 Å². The molecular formula is C14H22N2O2.